The Hall–Kier alpha value is -3.35. The van der Waals surface area contributed by atoms with Crippen molar-refractivity contribution in [2.24, 2.45) is 0 Å². The largest absolute Gasteiger partial charge is 0.147 e. The van der Waals surface area contributed by atoms with E-state index in [1.54, 1.807) is 27.4 Å². The smallest absolute Gasteiger partial charge is 0.0240 e. The zero-order valence-electron chi connectivity index (χ0n) is 25.9. The maximum Gasteiger partial charge on any atom is -0.0240 e. The molecule has 0 N–H and O–H groups in total. The molecule has 0 saturated heterocycles. The molecule has 0 spiro atoms. The van der Waals surface area contributed by atoms with Gasteiger partial charge in [-0.15, -0.1) is 47.0 Å². The molecule has 0 heterocycles. The molecule has 0 aromatic heterocycles. The van der Waals surface area contributed by atoms with E-state index in [1.165, 1.54) is 80.6 Å². The van der Waals surface area contributed by atoms with Crippen molar-refractivity contribution in [3.8, 4) is 11.1 Å². The van der Waals surface area contributed by atoms with Crippen molar-refractivity contribution in [3.05, 3.63) is 180 Å². The molecule has 0 bridgehead atoms. The Kier molecular flexibility index (Phi) is 14.0. The van der Waals surface area contributed by atoms with Gasteiger partial charge in [-0.05, 0) is 28.5 Å². The predicted molar refractivity (Wildman–Crippen MR) is 185 cm³/mol. The molecule has 2 aliphatic rings. The van der Waals surface area contributed by atoms with E-state index in [0.29, 0.717) is 0 Å². The molecule has 6 aromatic carbocycles. The fraction of sp³-hybridized carbons (Fsp3) is 0.140. The van der Waals surface area contributed by atoms with Crippen LogP contribution in [0.25, 0.3) is 32.7 Å². The van der Waals surface area contributed by atoms with Gasteiger partial charge in [-0.1, -0.05) is 53.9 Å². The first kappa shape index (κ1) is 35.5. The molecule has 0 fully saturated rings. The molecule has 228 valence electrons. The van der Waals surface area contributed by atoms with Crippen LogP contribution in [0.4, 0.5) is 0 Å². The first-order valence-corrected chi connectivity index (χ1v) is 16.8. The number of hydrogen-bond donors (Lipinski definition) is 0. The summed E-state index contributed by atoms with van der Waals surface area (Å²) in [6, 6.07) is 48.9. The van der Waals surface area contributed by atoms with Gasteiger partial charge in [0.05, 0.1) is 0 Å². The van der Waals surface area contributed by atoms with Crippen LogP contribution in [0.1, 0.15) is 41.5 Å². The molecular formula is C43H36Cl2Zr-2. The topological polar surface area (TPSA) is 0 Å². The molecule has 0 radical (unpaired) electrons. The van der Waals surface area contributed by atoms with Crippen LogP contribution in [0.15, 0.2) is 146 Å². The normalized spacial score (nSPS) is 11.7. The van der Waals surface area contributed by atoms with Crippen molar-refractivity contribution in [1.29, 1.82) is 0 Å². The Bertz CT molecular complexity index is 1870. The van der Waals surface area contributed by atoms with Gasteiger partial charge in [0, 0.05) is 0 Å². The fourth-order valence-electron chi connectivity index (χ4n) is 6.07. The minimum Gasteiger partial charge on any atom is -0.147 e. The molecule has 0 unspecified atom stereocenters. The summed E-state index contributed by atoms with van der Waals surface area (Å²) in [4.78, 5) is 0. The van der Waals surface area contributed by atoms with Crippen molar-refractivity contribution in [2.75, 3.05) is 0 Å². The van der Waals surface area contributed by atoms with Crippen molar-refractivity contribution in [3.63, 3.8) is 0 Å². The fourth-order valence-corrected chi connectivity index (χ4v) is 6.69. The van der Waals surface area contributed by atoms with Crippen molar-refractivity contribution in [1.82, 2.24) is 0 Å². The number of halogens is 2. The van der Waals surface area contributed by atoms with E-state index in [0.717, 1.165) is 12.8 Å². The summed E-state index contributed by atoms with van der Waals surface area (Å²) in [6.07, 6.45) is 15.9. The first-order chi connectivity index (χ1) is 21.8. The maximum absolute atomic E-state index is 3.48. The summed E-state index contributed by atoms with van der Waals surface area (Å²) in [7, 11) is 0. The first-order valence-electron chi connectivity index (χ1n) is 15.6. The molecule has 6 aromatic rings. The van der Waals surface area contributed by atoms with Crippen LogP contribution in [0.3, 0.4) is 0 Å². The van der Waals surface area contributed by atoms with Crippen LogP contribution in [-0.4, -0.2) is 3.21 Å². The summed E-state index contributed by atoms with van der Waals surface area (Å²) in [5.41, 5.74) is 8.58. The number of allylic oxidation sites excluding steroid dienone is 4. The van der Waals surface area contributed by atoms with E-state index in [2.05, 4.69) is 140 Å². The van der Waals surface area contributed by atoms with Gasteiger partial charge >= 0.3 is 125 Å². The predicted octanol–water partition coefficient (Wildman–Crippen LogP) is 4.65. The van der Waals surface area contributed by atoms with Gasteiger partial charge in [0.2, 0.25) is 0 Å². The average Bonchev–Trinajstić information content (AvgIpc) is 3.81. The molecule has 0 atom stereocenters. The molecule has 0 amide bonds. The molecule has 0 saturated carbocycles. The minimum absolute atomic E-state index is 0. The molecule has 2 aliphatic carbocycles. The third-order valence-electron chi connectivity index (χ3n) is 8.30. The van der Waals surface area contributed by atoms with E-state index in [-0.39, 0.29) is 24.8 Å². The summed E-state index contributed by atoms with van der Waals surface area (Å²) < 4.78 is 1.69. The minimum atomic E-state index is 0. The maximum atomic E-state index is 3.48. The number of benzene rings is 6. The SMILES string of the molecule is [C-]1=CC=CC1.[Cl-].[Cl-].[Zr+2]=[C](CCc1ccccc1)CCc1ccccc1.[c-]1cccc2c1c1c(c3ccccc32)-c2ccccc2C1. The number of rotatable bonds is 6. The van der Waals surface area contributed by atoms with Gasteiger partial charge in [-0.2, -0.15) is 6.08 Å². The van der Waals surface area contributed by atoms with E-state index < -0.39 is 0 Å². The second-order valence-corrected chi connectivity index (χ2v) is 13.0. The third-order valence-corrected chi connectivity index (χ3v) is 9.53. The van der Waals surface area contributed by atoms with Crippen LogP contribution < -0.4 is 24.8 Å². The Labute approximate surface area is 301 Å². The molecule has 8 rings (SSSR count). The van der Waals surface area contributed by atoms with Crippen LogP contribution in [0.5, 0.6) is 0 Å². The van der Waals surface area contributed by atoms with Gasteiger partial charge < -0.3 is 24.8 Å². The zero-order valence-corrected chi connectivity index (χ0v) is 29.8. The standard InChI is InChI=1S/C21H13.C17H18.C5H5.2ClH.Zr/c1-2-8-15-14(7-1)13-20-18-11-4-3-9-16(18)17-10-5-6-12-19(17)21(15)20;1-4-10-16(11-5-1)14-8-3-9-15-17-12-6-2-7-13-17;1-2-4-5-3-1;;;/h1-10,12H,13H2;1-2,4-7,10-13H,8-9,14-15H2;1-3H,4H2;2*1H;/q-1;;-1;;;+2/p-2. The van der Waals surface area contributed by atoms with E-state index in [9.17, 15) is 0 Å². The molecule has 46 heavy (non-hydrogen) atoms. The monoisotopic (exact) mass is 712 g/mol. The quantitative estimate of drug-likeness (QED) is 0.174. The summed E-state index contributed by atoms with van der Waals surface area (Å²) >= 11 is 1.60. The second kappa shape index (κ2) is 18.1. The summed E-state index contributed by atoms with van der Waals surface area (Å²) in [5, 5.41) is 5.30. The molecule has 3 heteroatoms. The van der Waals surface area contributed by atoms with E-state index in [4.69, 9.17) is 0 Å². The van der Waals surface area contributed by atoms with Crippen LogP contribution in [0, 0.1) is 12.1 Å². The number of aryl methyl sites for hydroxylation is 2. The number of fused-ring (bicyclic) bond motifs is 8. The van der Waals surface area contributed by atoms with Gasteiger partial charge in [0.25, 0.3) is 0 Å². The number of hydrogen-bond acceptors (Lipinski definition) is 0. The Balaban J connectivity index is 0.000000176. The van der Waals surface area contributed by atoms with E-state index in [1.807, 2.05) is 18.2 Å². The Morgan fingerprint density at radius 1 is 0.630 bits per heavy atom. The Morgan fingerprint density at radius 2 is 1.22 bits per heavy atom. The summed E-state index contributed by atoms with van der Waals surface area (Å²) in [6.45, 7) is 0. The molecule has 0 nitrogen and oxygen atoms in total. The van der Waals surface area contributed by atoms with Crippen molar-refractivity contribution < 1.29 is 49.0 Å². The van der Waals surface area contributed by atoms with Gasteiger partial charge in [0.15, 0.2) is 0 Å². The van der Waals surface area contributed by atoms with Gasteiger partial charge in [-0.3, -0.25) is 6.08 Å². The van der Waals surface area contributed by atoms with Crippen LogP contribution in [0.2, 0.25) is 0 Å². The third kappa shape index (κ3) is 8.92. The molecule has 0 aliphatic heterocycles. The Morgan fingerprint density at radius 3 is 1.83 bits per heavy atom. The van der Waals surface area contributed by atoms with Crippen molar-refractivity contribution in [2.45, 2.75) is 38.5 Å². The van der Waals surface area contributed by atoms with Crippen molar-refractivity contribution >= 4 is 24.8 Å². The average molecular weight is 715 g/mol. The van der Waals surface area contributed by atoms with E-state index >= 15 is 0 Å². The van der Waals surface area contributed by atoms with Crippen LogP contribution >= 0.6 is 0 Å². The van der Waals surface area contributed by atoms with Gasteiger partial charge in [0.1, 0.15) is 0 Å². The molecular weight excluding hydrogens is 679 g/mol. The summed E-state index contributed by atoms with van der Waals surface area (Å²) in [5.74, 6) is 0. The zero-order chi connectivity index (χ0) is 30.0. The van der Waals surface area contributed by atoms with Gasteiger partial charge in [-0.25, -0.2) is 12.2 Å². The van der Waals surface area contributed by atoms with Crippen LogP contribution in [-0.2, 0) is 43.5 Å². The second-order valence-electron chi connectivity index (χ2n) is 11.3.